The van der Waals surface area contributed by atoms with Gasteiger partial charge in [-0.1, -0.05) is 24.3 Å². The Morgan fingerprint density at radius 1 is 1.21 bits per heavy atom. The summed E-state index contributed by atoms with van der Waals surface area (Å²) >= 11 is 0. The molecule has 0 unspecified atom stereocenters. The zero-order valence-corrected chi connectivity index (χ0v) is 13.9. The lowest BCUT2D eigenvalue weighted by molar-refractivity contribution is 0.196. The van der Waals surface area contributed by atoms with Crippen LogP contribution in [0.4, 0.5) is 0 Å². The molecule has 2 aromatic rings. The van der Waals surface area contributed by atoms with E-state index in [2.05, 4.69) is 34.3 Å². The Morgan fingerprint density at radius 3 is 2.83 bits per heavy atom. The van der Waals surface area contributed by atoms with Gasteiger partial charge < -0.3 is 15.3 Å². The number of hydrogen-bond donors (Lipinski definition) is 1. The first-order chi connectivity index (χ1) is 11.8. The second-order valence-electron chi connectivity index (χ2n) is 5.83. The molecule has 0 saturated heterocycles. The van der Waals surface area contributed by atoms with Crippen molar-refractivity contribution in [2.75, 3.05) is 26.8 Å². The standard InChI is InChI=1S/C19H23N3O2/c1-23-19-12-18(7-6-16(19)13-21-20)24-11-10-22-9-8-15-4-2-3-5-17(15)14-22/h2-7,12-13H,8-11,14,20H2,1H3. The smallest absolute Gasteiger partial charge is 0.131 e. The van der Waals surface area contributed by atoms with Gasteiger partial charge in [0.2, 0.25) is 0 Å². The van der Waals surface area contributed by atoms with Gasteiger partial charge in [-0.05, 0) is 29.7 Å². The average Bonchev–Trinajstić information content (AvgIpc) is 2.63. The average molecular weight is 325 g/mol. The van der Waals surface area contributed by atoms with Crippen LogP contribution in [0.15, 0.2) is 47.6 Å². The van der Waals surface area contributed by atoms with E-state index in [-0.39, 0.29) is 0 Å². The van der Waals surface area contributed by atoms with Crippen LogP contribution in [0.5, 0.6) is 11.5 Å². The molecule has 0 aliphatic carbocycles. The number of methoxy groups -OCH3 is 1. The molecule has 3 rings (SSSR count). The highest BCUT2D eigenvalue weighted by molar-refractivity contribution is 5.83. The van der Waals surface area contributed by atoms with Crippen LogP contribution < -0.4 is 15.3 Å². The number of nitrogens with zero attached hydrogens (tertiary/aromatic N) is 2. The molecule has 0 aromatic heterocycles. The maximum atomic E-state index is 5.87. The second-order valence-corrected chi connectivity index (χ2v) is 5.83. The molecule has 0 bridgehead atoms. The fraction of sp³-hybridized carbons (Fsp3) is 0.316. The van der Waals surface area contributed by atoms with Crippen LogP contribution in [0, 0.1) is 0 Å². The summed E-state index contributed by atoms with van der Waals surface area (Å²) < 4.78 is 11.2. The van der Waals surface area contributed by atoms with Crippen molar-refractivity contribution >= 4 is 6.21 Å². The third-order valence-corrected chi connectivity index (χ3v) is 4.30. The second kappa shape index (κ2) is 7.84. The van der Waals surface area contributed by atoms with E-state index in [0.29, 0.717) is 12.4 Å². The highest BCUT2D eigenvalue weighted by Gasteiger charge is 2.15. The van der Waals surface area contributed by atoms with Crippen LogP contribution >= 0.6 is 0 Å². The molecule has 2 N–H and O–H groups in total. The van der Waals surface area contributed by atoms with Gasteiger partial charge in [0, 0.05) is 31.3 Å². The molecule has 24 heavy (non-hydrogen) atoms. The Balaban J connectivity index is 1.54. The molecule has 0 radical (unpaired) electrons. The largest absolute Gasteiger partial charge is 0.496 e. The van der Waals surface area contributed by atoms with Gasteiger partial charge in [0.1, 0.15) is 18.1 Å². The minimum Gasteiger partial charge on any atom is -0.496 e. The Kier molecular flexibility index (Phi) is 5.33. The van der Waals surface area contributed by atoms with Crippen LogP contribution in [0.1, 0.15) is 16.7 Å². The highest BCUT2D eigenvalue weighted by atomic mass is 16.5. The Hall–Kier alpha value is -2.53. The van der Waals surface area contributed by atoms with E-state index in [1.54, 1.807) is 13.3 Å². The topological polar surface area (TPSA) is 60.1 Å². The lowest BCUT2D eigenvalue weighted by atomic mass is 10.0. The summed E-state index contributed by atoms with van der Waals surface area (Å²) in [4.78, 5) is 2.43. The van der Waals surface area contributed by atoms with Gasteiger partial charge in [-0.25, -0.2) is 0 Å². The van der Waals surface area contributed by atoms with Crippen LogP contribution in [0.3, 0.4) is 0 Å². The quantitative estimate of drug-likeness (QED) is 0.503. The van der Waals surface area contributed by atoms with Crippen molar-refractivity contribution in [3.63, 3.8) is 0 Å². The fourth-order valence-corrected chi connectivity index (χ4v) is 3.01. The van der Waals surface area contributed by atoms with Gasteiger partial charge in [0.15, 0.2) is 0 Å². The molecule has 0 saturated carbocycles. The minimum absolute atomic E-state index is 0.648. The molecule has 1 aliphatic heterocycles. The van der Waals surface area contributed by atoms with E-state index < -0.39 is 0 Å². The van der Waals surface area contributed by atoms with E-state index in [9.17, 15) is 0 Å². The summed E-state index contributed by atoms with van der Waals surface area (Å²) in [7, 11) is 1.62. The van der Waals surface area contributed by atoms with Gasteiger partial charge >= 0.3 is 0 Å². The Labute approximate surface area is 142 Å². The van der Waals surface area contributed by atoms with E-state index in [0.717, 1.165) is 37.4 Å². The first kappa shape index (κ1) is 16.3. The van der Waals surface area contributed by atoms with E-state index in [4.69, 9.17) is 15.3 Å². The van der Waals surface area contributed by atoms with Gasteiger partial charge in [-0.3, -0.25) is 4.90 Å². The zero-order chi connectivity index (χ0) is 16.8. The predicted octanol–water partition coefficient (Wildman–Crippen LogP) is 2.42. The van der Waals surface area contributed by atoms with Crippen molar-refractivity contribution in [3.8, 4) is 11.5 Å². The third kappa shape index (κ3) is 3.86. The SMILES string of the molecule is COc1cc(OCCN2CCc3ccccc3C2)ccc1C=NN. The van der Waals surface area contributed by atoms with Crippen LogP contribution in [0.25, 0.3) is 0 Å². The van der Waals surface area contributed by atoms with Gasteiger partial charge in [0.05, 0.1) is 13.3 Å². The van der Waals surface area contributed by atoms with Crippen LogP contribution in [0.2, 0.25) is 0 Å². The zero-order valence-electron chi connectivity index (χ0n) is 13.9. The Morgan fingerprint density at radius 2 is 2.04 bits per heavy atom. The molecule has 126 valence electrons. The van der Waals surface area contributed by atoms with E-state index in [1.807, 2.05) is 18.2 Å². The Bertz CT molecular complexity index is 716. The summed E-state index contributed by atoms with van der Waals surface area (Å²) in [5, 5.41) is 3.53. The molecule has 0 atom stereocenters. The normalized spacial score (nSPS) is 14.5. The molecule has 5 heteroatoms. The molecular formula is C19H23N3O2. The van der Waals surface area contributed by atoms with Gasteiger partial charge in [-0.15, -0.1) is 0 Å². The monoisotopic (exact) mass is 325 g/mol. The van der Waals surface area contributed by atoms with Crippen molar-refractivity contribution in [1.29, 1.82) is 0 Å². The summed E-state index contributed by atoms with van der Waals surface area (Å²) in [5.74, 6) is 6.69. The van der Waals surface area contributed by atoms with Crippen molar-refractivity contribution in [3.05, 3.63) is 59.2 Å². The van der Waals surface area contributed by atoms with Crippen LogP contribution in [-0.2, 0) is 13.0 Å². The summed E-state index contributed by atoms with van der Waals surface area (Å²) in [6.07, 6.45) is 2.67. The molecule has 2 aromatic carbocycles. The number of benzene rings is 2. The highest BCUT2D eigenvalue weighted by Crippen LogP contribution is 2.24. The lowest BCUT2D eigenvalue weighted by Gasteiger charge is -2.28. The number of hydrogen-bond acceptors (Lipinski definition) is 5. The molecule has 1 aliphatic rings. The summed E-state index contributed by atoms with van der Waals surface area (Å²) in [6.45, 7) is 3.63. The maximum Gasteiger partial charge on any atom is 0.131 e. The molecule has 0 fully saturated rings. The predicted molar refractivity (Wildman–Crippen MR) is 95.7 cm³/mol. The van der Waals surface area contributed by atoms with Crippen molar-refractivity contribution in [2.45, 2.75) is 13.0 Å². The fourth-order valence-electron chi connectivity index (χ4n) is 3.01. The lowest BCUT2D eigenvalue weighted by Crippen LogP contribution is -2.33. The molecule has 0 spiro atoms. The first-order valence-corrected chi connectivity index (χ1v) is 8.13. The number of fused-ring (bicyclic) bond motifs is 1. The molecule has 5 nitrogen and oxygen atoms in total. The van der Waals surface area contributed by atoms with Crippen molar-refractivity contribution in [1.82, 2.24) is 4.90 Å². The van der Waals surface area contributed by atoms with E-state index >= 15 is 0 Å². The number of ether oxygens (including phenoxy) is 2. The molecular weight excluding hydrogens is 302 g/mol. The molecule has 1 heterocycles. The first-order valence-electron chi connectivity index (χ1n) is 8.13. The third-order valence-electron chi connectivity index (χ3n) is 4.30. The van der Waals surface area contributed by atoms with Crippen LogP contribution in [-0.4, -0.2) is 37.9 Å². The van der Waals surface area contributed by atoms with Crippen molar-refractivity contribution in [2.24, 2.45) is 10.9 Å². The minimum atomic E-state index is 0.648. The molecule has 0 amide bonds. The summed E-state index contributed by atoms with van der Waals surface area (Å²) in [6, 6.07) is 14.3. The number of hydrazone groups is 1. The summed E-state index contributed by atoms with van der Waals surface area (Å²) in [5.41, 5.74) is 3.73. The van der Waals surface area contributed by atoms with Gasteiger partial charge in [-0.2, -0.15) is 5.10 Å². The van der Waals surface area contributed by atoms with Crippen molar-refractivity contribution < 1.29 is 9.47 Å². The van der Waals surface area contributed by atoms with Gasteiger partial charge in [0.25, 0.3) is 0 Å². The number of rotatable bonds is 6. The number of nitrogens with two attached hydrogens (primary N) is 1. The maximum absolute atomic E-state index is 5.87. The van der Waals surface area contributed by atoms with E-state index in [1.165, 1.54) is 11.1 Å².